The molecular weight excluding hydrogens is 648 g/mol. The number of para-hydroxylation sites is 2. The van der Waals surface area contributed by atoms with Crippen LogP contribution in [0.15, 0.2) is 48.5 Å². The third-order valence-electron chi connectivity index (χ3n) is 9.78. The van der Waals surface area contributed by atoms with Crippen LogP contribution in [0.3, 0.4) is 0 Å². The van der Waals surface area contributed by atoms with E-state index in [4.69, 9.17) is 21.4 Å². The summed E-state index contributed by atoms with van der Waals surface area (Å²) >= 11 is 8.17. The Morgan fingerprint density at radius 2 is 1.02 bits per heavy atom. The number of fused-ring (bicyclic) bond motifs is 4. The summed E-state index contributed by atoms with van der Waals surface area (Å²) in [7, 11) is 0. The van der Waals surface area contributed by atoms with E-state index < -0.39 is 0 Å². The molecule has 0 saturated carbocycles. The summed E-state index contributed by atoms with van der Waals surface area (Å²) < 4.78 is 0. The minimum Gasteiger partial charge on any atom is -0.398 e. The van der Waals surface area contributed by atoms with Crippen LogP contribution in [0.4, 0.5) is 11.4 Å². The van der Waals surface area contributed by atoms with Crippen molar-refractivity contribution in [2.24, 2.45) is 0 Å². The quantitative estimate of drug-likeness (QED) is 0.121. The standard InChI is InChI=1S/C36H44Br2N4/c37-27(23-15-11-21-31-33(23)35(39)25-13-7-9-19-29(25)41-31)17-5-3-1-2-4-6-18-28(38)24-16-12-22-32-34(24)36(40)26-14-8-10-20-30(26)42-32/h7-10,13-14,19-20,23-24,27-28H,1-6,11-12,15-18,21-22H2,(H2,39,41)(H2,40,42). The molecule has 0 amide bonds. The molecule has 6 rings (SSSR count). The molecule has 4 unspecified atom stereocenters. The molecule has 0 aliphatic heterocycles. The molecule has 0 radical (unpaired) electrons. The average Bonchev–Trinajstić information content (AvgIpc) is 3.01. The Morgan fingerprint density at radius 1 is 0.619 bits per heavy atom. The van der Waals surface area contributed by atoms with Crippen LogP contribution in [0.5, 0.6) is 0 Å². The molecule has 42 heavy (non-hydrogen) atoms. The fraction of sp³-hybridized carbons (Fsp3) is 0.500. The maximum absolute atomic E-state index is 6.74. The molecule has 2 aromatic heterocycles. The van der Waals surface area contributed by atoms with Crippen LogP contribution in [-0.4, -0.2) is 19.6 Å². The third kappa shape index (κ3) is 6.22. The molecule has 4 nitrogen and oxygen atoms in total. The van der Waals surface area contributed by atoms with Gasteiger partial charge in [0.25, 0.3) is 0 Å². The normalized spacial score (nSPS) is 19.9. The zero-order valence-electron chi connectivity index (χ0n) is 24.6. The van der Waals surface area contributed by atoms with Crippen molar-refractivity contribution in [2.75, 3.05) is 11.5 Å². The van der Waals surface area contributed by atoms with Gasteiger partial charge in [0.15, 0.2) is 0 Å². The number of unbranched alkanes of at least 4 members (excludes halogenated alkanes) is 5. The number of anilines is 2. The number of pyridine rings is 2. The van der Waals surface area contributed by atoms with E-state index in [2.05, 4.69) is 80.4 Å². The number of nitrogens with zero attached hydrogens (tertiary/aromatic N) is 2. The van der Waals surface area contributed by atoms with E-state index in [1.54, 1.807) is 0 Å². The van der Waals surface area contributed by atoms with Crippen molar-refractivity contribution in [1.82, 2.24) is 9.97 Å². The Hall–Kier alpha value is -2.18. The van der Waals surface area contributed by atoms with E-state index in [9.17, 15) is 0 Å². The first kappa shape index (κ1) is 29.9. The van der Waals surface area contributed by atoms with Gasteiger partial charge in [-0.25, -0.2) is 0 Å². The van der Waals surface area contributed by atoms with Gasteiger partial charge in [0.2, 0.25) is 0 Å². The molecule has 2 aromatic carbocycles. The van der Waals surface area contributed by atoms with E-state index in [0.29, 0.717) is 21.5 Å². The third-order valence-corrected chi connectivity index (χ3v) is 12.0. The Kier molecular flexibility index (Phi) is 9.70. The van der Waals surface area contributed by atoms with Gasteiger partial charge < -0.3 is 11.5 Å². The van der Waals surface area contributed by atoms with E-state index in [0.717, 1.165) is 46.0 Å². The summed E-state index contributed by atoms with van der Waals surface area (Å²) in [5, 5.41) is 2.21. The van der Waals surface area contributed by atoms with Gasteiger partial charge in [0.1, 0.15) is 0 Å². The van der Waals surface area contributed by atoms with Gasteiger partial charge in [0, 0.05) is 66.2 Å². The van der Waals surface area contributed by atoms with Gasteiger partial charge in [-0.2, -0.15) is 0 Å². The van der Waals surface area contributed by atoms with E-state index in [1.807, 2.05) is 0 Å². The summed E-state index contributed by atoms with van der Waals surface area (Å²) in [4.78, 5) is 10.9. The summed E-state index contributed by atoms with van der Waals surface area (Å²) in [6.07, 6.45) is 17.1. The van der Waals surface area contributed by atoms with E-state index in [1.165, 1.54) is 99.6 Å². The minimum atomic E-state index is 0.466. The number of nitrogen functional groups attached to an aromatic ring is 2. The molecular formula is C36H44Br2N4. The SMILES string of the molecule is Nc1c2c(nc3ccccc13)CCCC2C(Br)CCCCCCCCC(Br)C1CCCc2nc3ccccc3c(N)c21. The Morgan fingerprint density at radius 3 is 1.48 bits per heavy atom. The van der Waals surface area contributed by atoms with Gasteiger partial charge in [-0.15, -0.1) is 0 Å². The largest absolute Gasteiger partial charge is 0.398 e. The lowest BCUT2D eigenvalue weighted by molar-refractivity contribution is 0.483. The fourth-order valence-electron chi connectivity index (χ4n) is 7.60. The van der Waals surface area contributed by atoms with Gasteiger partial charge in [-0.1, -0.05) is 107 Å². The van der Waals surface area contributed by atoms with Crippen molar-refractivity contribution in [2.45, 2.75) is 111 Å². The smallest absolute Gasteiger partial charge is 0.0726 e. The monoisotopic (exact) mass is 690 g/mol. The van der Waals surface area contributed by atoms with Crippen LogP contribution in [0, 0.1) is 0 Å². The van der Waals surface area contributed by atoms with Crippen LogP contribution >= 0.6 is 31.9 Å². The molecule has 2 aliphatic rings. The average molecular weight is 693 g/mol. The highest BCUT2D eigenvalue weighted by molar-refractivity contribution is 9.09. The number of benzene rings is 2. The Labute approximate surface area is 267 Å². The summed E-state index contributed by atoms with van der Waals surface area (Å²) in [5.41, 5.74) is 22.5. The van der Waals surface area contributed by atoms with Gasteiger partial charge in [0.05, 0.1) is 11.0 Å². The molecule has 4 atom stereocenters. The first-order valence-corrected chi connectivity index (χ1v) is 18.0. The van der Waals surface area contributed by atoms with Crippen molar-refractivity contribution in [3.8, 4) is 0 Å². The van der Waals surface area contributed by atoms with Crippen LogP contribution in [0.1, 0.15) is 111 Å². The minimum absolute atomic E-state index is 0.466. The second-order valence-corrected chi connectivity index (χ2v) is 14.9. The lowest BCUT2D eigenvalue weighted by Gasteiger charge is -2.31. The number of hydrogen-bond acceptors (Lipinski definition) is 4. The number of aryl methyl sites for hydroxylation is 2. The topological polar surface area (TPSA) is 77.8 Å². The highest BCUT2D eigenvalue weighted by Gasteiger charge is 2.31. The highest BCUT2D eigenvalue weighted by Crippen LogP contribution is 2.44. The van der Waals surface area contributed by atoms with E-state index >= 15 is 0 Å². The molecule has 4 aromatic rings. The van der Waals surface area contributed by atoms with Crippen molar-refractivity contribution in [1.29, 1.82) is 0 Å². The number of rotatable bonds is 11. The number of aromatic nitrogens is 2. The number of halogens is 2. The summed E-state index contributed by atoms with van der Waals surface area (Å²) in [6, 6.07) is 16.7. The van der Waals surface area contributed by atoms with Crippen LogP contribution in [-0.2, 0) is 12.8 Å². The molecule has 0 spiro atoms. The molecule has 0 saturated heterocycles. The van der Waals surface area contributed by atoms with Crippen molar-refractivity contribution in [3.05, 3.63) is 71.0 Å². The van der Waals surface area contributed by atoms with Gasteiger partial charge in [-0.3, -0.25) is 9.97 Å². The predicted molar refractivity (Wildman–Crippen MR) is 186 cm³/mol. The number of hydrogen-bond donors (Lipinski definition) is 2. The predicted octanol–water partition coefficient (Wildman–Crippen LogP) is 10.1. The highest BCUT2D eigenvalue weighted by atomic mass is 79.9. The molecule has 0 fully saturated rings. The lowest BCUT2D eigenvalue weighted by atomic mass is 9.80. The Balaban J connectivity index is 0.943. The fourth-order valence-corrected chi connectivity index (χ4v) is 9.30. The van der Waals surface area contributed by atoms with Crippen LogP contribution in [0.25, 0.3) is 21.8 Å². The summed E-state index contributed by atoms with van der Waals surface area (Å²) in [6.45, 7) is 0. The lowest BCUT2D eigenvalue weighted by Crippen LogP contribution is -2.21. The first-order valence-electron chi connectivity index (χ1n) is 16.1. The molecule has 2 heterocycles. The maximum atomic E-state index is 6.74. The number of nitrogens with two attached hydrogens (primary N) is 2. The Bertz CT molecular complexity index is 1420. The van der Waals surface area contributed by atoms with Gasteiger partial charge in [-0.05, 0) is 63.5 Å². The maximum Gasteiger partial charge on any atom is 0.0726 e. The molecule has 4 N–H and O–H groups in total. The molecule has 222 valence electrons. The van der Waals surface area contributed by atoms with Crippen LogP contribution < -0.4 is 11.5 Å². The molecule has 6 heteroatoms. The van der Waals surface area contributed by atoms with Crippen molar-refractivity contribution in [3.63, 3.8) is 0 Å². The zero-order chi connectivity index (χ0) is 29.1. The van der Waals surface area contributed by atoms with E-state index in [-0.39, 0.29) is 0 Å². The summed E-state index contributed by atoms with van der Waals surface area (Å²) in [5.74, 6) is 0.933. The van der Waals surface area contributed by atoms with Crippen LogP contribution in [0.2, 0.25) is 0 Å². The molecule has 2 aliphatic carbocycles. The zero-order valence-corrected chi connectivity index (χ0v) is 27.8. The number of alkyl halides is 2. The second-order valence-electron chi connectivity index (χ2n) is 12.5. The molecule has 0 bridgehead atoms. The first-order chi connectivity index (χ1) is 20.5. The van der Waals surface area contributed by atoms with Gasteiger partial charge >= 0.3 is 0 Å². The van der Waals surface area contributed by atoms with Crippen molar-refractivity contribution < 1.29 is 0 Å². The second kappa shape index (κ2) is 13.6. The van der Waals surface area contributed by atoms with Crippen molar-refractivity contribution >= 4 is 65.0 Å².